The standard InChI is InChI=1S/C12H16N2O4/c1-18-7-6-13-11(15)8-14-10-4-2-9(3-5-10)12(16)17/h2-5,14H,6-8H2,1H3,(H,13,15)(H,16,17). The molecule has 0 heterocycles. The molecular weight excluding hydrogens is 236 g/mol. The van der Waals surface area contributed by atoms with Crippen molar-refractivity contribution in [3.8, 4) is 0 Å². The molecule has 0 unspecified atom stereocenters. The average molecular weight is 252 g/mol. The van der Waals surface area contributed by atoms with E-state index in [0.29, 0.717) is 18.8 Å². The second-order valence-corrected chi connectivity index (χ2v) is 3.58. The molecule has 18 heavy (non-hydrogen) atoms. The van der Waals surface area contributed by atoms with E-state index >= 15 is 0 Å². The second kappa shape index (κ2) is 7.29. The zero-order valence-electron chi connectivity index (χ0n) is 10.1. The normalized spacial score (nSPS) is 9.83. The lowest BCUT2D eigenvalue weighted by Crippen LogP contribution is -2.32. The van der Waals surface area contributed by atoms with Crippen LogP contribution in [0.1, 0.15) is 10.4 Å². The summed E-state index contributed by atoms with van der Waals surface area (Å²) in [6.07, 6.45) is 0. The van der Waals surface area contributed by atoms with Crippen LogP contribution in [0.25, 0.3) is 0 Å². The largest absolute Gasteiger partial charge is 0.478 e. The number of amides is 1. The minimum atomic E-state index is -0.973. The zero-order chi connectivity index (χ0) is 13.4. The summed E-state index contributed by atoms with van der Waals surface area (Å²) >= 11 is 0. The second-order valence-electron chi connectivity index (χ2n) is 3.58. The summed E-state index contributed by atoms with van der Waals surface area (Å²) in [5.41, 5.74) is 0.909. The summed E-state index contributed by atoms with van der Waals surface area (Å²) < 4.78 is 4.80. The molecule has 0 aliphatic heterocycles. The highest BCUT2D eigenvalue weighted by atomic mass is 16.5. The minimum absolute atomic E-state index is 0.135. The lowest BCUT2D eigenvalue weighted by molar-refractivity contribution is -0.119. The maximum absolute atomic E-state index is 11.3. The number of carbonyl (C=O) groups excluding carboxylic acids is 1. The van der Waals surface area contributed by atoms with Crippen molar-refractivity contribution in [3.63, 3.8) is 0 Å². The van der Waals surface area contributed by atoms with Crippen molar-refractivity contribution >= 4 is 17.6 Å². The quantitative estimate of drug-likeness (QED) is 0.617. The fraction of sp³-hybridized carbons (Fsp3) is 0.333. The van der Waals surface area contributed by atoms with Crippen molar-refractivity contribution in [1.82, 2.24) is 5.32 Å². The topological polar surface area (TPSA) is 87.7 Å². The summed E-state index contributed by atoms with van der Waals surface area (Å²) in [4.78, 5) is 22.0. The van der Waals surface area contributed by atoms with E-state index in [1.165, 1.54) is 12.1 Å². The Balaban J connectivity index is 2.34. The minimum Gasteiger partial charge on any atom is -0.478 e. The number of aromatic carboxylic acids is 1. The van der Waals surface area contributed by atoms with Gasteiger partial charge in [-0.2, -0.15) is 0 Å². The third-order valence-corrected chi connectivity index (χ3v) is 2.21. The molecule has 1 aromatic carbocycles. The van der Waals surface area contributed by atoms with Crippen LogP contribution in [0.5, 0.6) is 0 Å². The maximum atomic E-state index is 11.3. The van der Waals surface area contributed by atoms with Gasteiger partial charge in [0, 0.05) is 19.3 Å². The Hall–Kier alpha value is -2.08. The van der Waals surface area contributed by atoms with Crippen molar-refractivity contribution in [1.29, 1.82) is 0 Å². The number of hydrogen-bond donors (Lipinski definition) is 3. The molecule has 1 aromatic rings. The van der Waals surface area contributed by atoms with E-state index in [2.05, 4.69) is 10.6 Å². The molecular formula is C12H16N2O4. The average Bonchev–Trinajstić information content (AvgIpc) is 2.37. The van der Waals surface area contributed by atoms with E-state index in [0.717, 1.165) is 0 Å². The lowest BCUT2D eigenvalue weighted by atomic mass is 10.2. The highest BCUT2D eigenvalue weighted by Crippen LogP contribution is 2.08. The summed E-state index contributed by atoms with van der Waals surface area (Å²) in [7, 11) is 1.56. The number of carboxylic acids is 1. The van der Waals surface area contributed by atoms with E-state index in [1.54, 1.807) is 19.2 Å². The lowest BCUT2D eigenvalue weighted by Gasteiger charge is -2.07. The van der Waals surface area contributed by atoms with Crippen LogP contribution in [-0.4, -0.2) is 43.8 Å². The SMILES string of the molecule is COCCNC(=O)CNc1ccc(C(=O)O)cc1. The Morgan fingerprint density at radius 2 is 1.94 bits per heavy atom. The fourth-order valence-corrected chi connectivity index (χ4v) is 1.27. The Labute approximate surface area is 105 Å². The van der Waals surface area contributed by atoms with Crippen molar-refractivity contribution < 1.29 is 19.4 Å². The van der Waals surface area contributed by atoms with Gasteiger partial charge in [-0.25, -0.2) is 4.79 Å². The first-order chi connectivity index (χ1) is 8.63. The van der Waals surface area contributed by atoms with Gasteiger partial charge >= 0.3 is 5.97 Å². The first-order valence-corrected chi connectivity index (χ1v) is 5.46. The molecule has 0 bridgehead atoms. The molecule has 0 aliphatic carbocycles. The van der Waals surface area contributed by atoms with Crippen LogP contribution in [0, 0.1) is 0 Å². The van der Waals surface area contributed by atoms with Crippen LogP contribution < -0.4 is 10.6 Å². The van der Waals surface area contributed by atoms with Gasteiger partial charge in [0.25, 0.3) is 0 Å². The van der Waals surface area contributed by atoms with Crippen molar-refractivity contribution in [2.24, 2.45) is 0 Å². The van der Waals surface area contributed by atoms with E-state index in [4.69, 9.17) is 9.84 Å². The monoisotopic (exact) mass is 252 g/mol. The van der Waals surface area contributed by atoms with Crippen LogP contribution in [0.2, 0.25) is 0 Å². The number of ether oxygens (including phenoxy) is 1. The third-order valence-electron chi connectivity index (χ3n) is 2.21. The van der Waals surface area contributed by atoms with Gasteiger partial charge in [0.1, 0.15) is 0 Å². The van der Waals surface area contributed by atoms with E-state index in [9.17, 15) is 9.59 Å². The highest BCUT2D eigenvalue weighted by molar-refractivity contribution is 5.88. The smallest absolute Gasteiger partial charge is 0.335 e. The predicted octanol–water partition coefficient (Wildman–Crippen LogP) is 0.559. The Bertz CT molecular complexity index is 403. The number of hydrogen-bond acceptors (Lipinski definition) is 4. The number of methoxy groups -OCH3 is 1. The predicted molar refractivity (Wildman–Crippen MR) is 66.8 cm³/mol. The highest BCUT2D eigenvalue weighted by Gasteiger charge is 2.03. The first kappa shape index (κ1) is 14.0. The van der Waals surface area contributed by atoms with E-state index in [1.807, 2.05) is 0 Å². The molecule has 0 fully saturated rings. The van der Waals surface area contributed by atoms with E-state index < -0.39 is 5.97 Å². The maximum Gasteiger partial charge on any atom is 0.335 e. The Morgan fingerprint density at radius 3 is 2.50 bits per heavy atom. The molecule has 0 saturated heterocycles. The molecule has 0 spiro atoms. The molecule has 0 saturated carbocycles. The third kappa shape index (κ3) is 4.84. The van der Waals surface area contributed by atoms with Gasteiger partial charge in [0.15, 0.2) is 0 Å². The molecule has 98 valence electrons. The molecule has 6 heteroatoms. The van der Waals surface area contributed by atoms with Gasteiger partial charge in [-0.05, 0) is 24.3 Å². The number of carboxylic acid groups (broad SMARTS) is 1. The number of carbonyl (C=O) groups is 2. The summed E-state index contributed by atoms with van der Waals surface area (Å²) in [5.74, 6) is -1.12. The van der Waals surface area contributed by atoms with Gasteiger partial charge in [-0.15, -0.1) is 0 Å². The van der Waals surface area contributed by atoms with Crippen molar-refractivity contribution in [2.75, 3.05) is 32.1 Å². The number of rotatable bonds is 7. The van der Waals surface area contributed by atoms with Gasteiger partial charge in [-0.3, -0.25) is 4.79 Å². The molecule has 0 radical (unpaired) electrons. The molecule has 0 aromatic heterocycles. The number of nitrogens with one attached hydrogen (secondary N) is 2. The van der Waals surface area contributed by atoms with Crippen LogP contribution in [0.3, 0.4) is 0 Å². The Morgan fingerprint density at radius 1 is 1.28 bits per heavy atom. The number of anilines is 1. The molecule has 0 aliphatic rings. The summed E-state index contributed by atoms with van der Waals surface area (Å²) in [5, 5.41) is 14.3. The van der Waals surface area contributed by atoms with Crippen LogP contribution in [0.15, 0.2) is 24.3 Å². The van der Waals surface area contributed by atoms with Crippen LogP contribution >= 0.6 is 0 Å². The number of benzene rings is 1. The van der Waals surface area contributed by atoms with Crippen molar-refractivity contribution in [3.05, 3.63) is 29.8 Å². The summed E-state index contributed by atoms with van der Waals surface area (Å²) in [6, 6.07) is 6.19. The van der Waals surface area contributed by atoms with Crippen molar-refractivity contribution in [2.45, 2.75) is 0 Å². The van der Waals surface area contributed by atoms with Crippen LogP contribution in [-0.2, 0) is 9.53 Å². The van der Waals surface area contributed by atoms with Gasteiger partial charge in [0.05, 0.1) is 18.7 Å². The Kier molecular flexibility index (Phi) is 5.66. The fourth-order valence-electron chi connectivity index (χ4n) is 1.27. The molecule has 1 amide bonds. The first-order valence-electron chi connectivity index (χ1n) is 5.46. The molecule has 3 N–H and O–H groups in total. The van der Waals surface area contributed by atoms with Crippen LogP contribution in [0.4, 0.5) is 5.69 Å². The van der Waals surface area contributed by atoms with Gasteiger partial charge in [0.2, 0.25) is 5.91 Å². The molecule has 0 atom stereocenters. The zero-order valence-corrected chi connectivity index (χ0v) is 10.1. The van der Waals surface area contributed by atoms with Gasteiger partial charge in [-0.1, -0.05) is 0 Å². The molecule has 6 nitrogen and oxygen atoms in total. The molecule has 1 rings (SSSR count). The van der Waals surface area contributed by atoms with E-state index in [-0.39, 0.29) is 18.0 Å². The summed E-state index contributed by atoms with van der Waals surface area (Å²) in [6.45, 7) is 1.07. The van der Waals surface area contributed by atoms with Gasteiger partial charge < -0.3 is 20.5 Å².